The summed E-state index contributed by atoms with van der Waals surface area (Å²) in [5.41, 5.74) is 0. The van der Waals surface area contributed by atoms with Gasteiger partial charge in [-0.2, -0.15) is 0 Å². The second-order valence-electron chi connectivity index (χ2n) is 10.9. The van der Waals surface area contributed by atoms with Gasteiger partial charge in [0.25, 0.3) is 0 Å². The van der Waals surface area contributed by atoms with Crippen LogP contribution in [-0.4, -0.2) is 59.2 Å². The molecule has 0 aromatic heterocycles. The number of piperidine rings is 2. The standard InChI is InChI=1S/C24H39Cl2N3O2/c1-13-4-5-19(28-23(30)15-7-17(25)10-18(26)8-15)11-20(13)21-9-16-12-27-14(2)6-22(16)29(3)24(21)31/h13-22,27H,4-12H2,1-3H3,(H,28,30). The van der Waals surface area contributed by atoms with Crippen molar-refractivity contribution in [2.24, 2.45) is 29.6 Å². The molecule has 4 rings (SSSR count). The number of hydrogen-bond donors (Lipinski definition) is 2. The summed E-state index contributed by atoms with van der Waals surface area (Å²) in [6, 6.07) is 0.993. The lowest BCUT2D eigenvalue weighted by Crippen LogP contribution is -2.60. The summed E-state index contributed by atoms with van der Waals surface area (Å²) in [6.45, 7) is 5.50. The highest BCUT2D eigenvalue weighted by atomic mass is 35.5. The third-order valence-corrected chi connectivity index (χ3v) is 9.38. The molecule has 5 nitrogen and oxygen atoms in total. The lowest BCUT2D eigenvalue weighted by atomic mass is 9.65. The van der Waals surface area contributed by atoms with Crippen LogP contribution in [0.4, 0.5) is 0 Å². The molecular formula is C24H39Cl2N3O2. The fourth-order valence-electron chi connectivity index (χ4n) is 6.82. The molecule has 0 bridgehead atoms. The Morgan fingerprint density at radius 3 is 2.45 bits per heavy atom. The van der Waals surface area contributed by atoms with Crippen LogP contribution >= 0.6 is 23.2 Å². The van der Waals surface area contributed by atoms with E-state index < -0.39 is 0 Å². The van der Waals surface area contributed by atoms with Crippen molar-refractivity contribution in [2.75, 3.05) is 13.6 Å². The highest BCUT2D eigenvalue weighted by Gasteiger charge is 2.47. The van der Waals surface area contributed by atoms with Gasteiger partial charge in [0.15, 0.2) is 0 Å². The van der Waals surface area contributed by atoms with Crippen molar-refractivity contribution < 1.29 is 9.59 Å². The van der Waals surface area contributed by atoms with E-state index >= 15 is 0 Å². The SMILES string of the molecule is CC1CC2C(CN1)CC(C1CC(NC(=O)C3CC(Cl)CC(Cl)C3)CCC1C)C(=O)N2C. The van der Waals surface area contributed by atoms with E-state index in [-0.39, 0.29) is 34.5 Å². The van der Waals surface area contributed by atoms with Crippen LogP contribution in [0.5, 0.6) is 0 Å². The molecule has 2 saturated carbocycles. The van der Waals surface area contributed by atoms with Gasteiger partial charge >= 0.3 is 0 Å². The fraction of sp³-hybridized carbons (Fsp3) is 0.917. The second kappa shape index (κ2) is 9.77. The van der Waals surface area contributed by atoms with E-state index in [2.05, 4.69) is 24.5 Å². The van der Waals surface area contributed by atoms with Gasteiger partial charge in [0, 0.05) is 54.3 Å². The minimum absolute atomic E-state index is 0.0127. The zero-order chi connectivity index (χ0) is 22.3. The van der Waals surface area contributed by atoms with Crippen LogP contribution in [0.3, 0.4) is 0 Å². The van der Waals surface area contributed by atoms with E-state index in [1.807, 2.05) is 11.9 Å². The number of nitrogens with one attached hydrogen (secondary N) is 2. The molecule has 176 valence electrons. The quantitative estimate of drug-likeness (QED) is 0.615. The average Bonchev–Trinajstić information content (AvgIpc) is 2.72. The lowest BCUT2D eigenvalue weighted by Gasteiger charge is -2.50. The molecule has 4 fully saturated rings. The maximum Gasteiger partial charge on any atom is 0.225 e. The summed E-state index contributed by atoms with van der Waals surface area (Å²) in [5, 5.41) is 6.90. The van der Waals surface area contributed by atoms with Crippen LogP contribution in [0.25, 0.3) is 0 Å². The Balaban J connectivity index is 1.39. The van der Waals surface area contributed by atoms with Gasteiger partial charge in [-0.1, -0.05) is 6.92 Å². The number of hydrogen-bond acceptors (Lipinski definition) is 3. The van der Waals surface area contributed by atoms with E-state index in [0.717, 1.165) is 45.1 Å². The minimum atomic E-state index is -0.0879. The average molecular weight is 473 g/mol. The van der Waals surface area contributed by atoms with Gasteiger partial charge in [0.1, 0.15) is 0 Å². The first kappa shape index (κ1) is 23.6. The molecule has 0 aromatic carbocycles. The zero-order valence-corrected chi connectivity index (χ0v) is 20.7. The Bertz CT molecular complexity index is 667. The van der Waals surface area contributed by atoms with Crippen molar-refractivity contribution in [3.05, 3.63) is 0 Å². The van der Waals surface area contributed by atoms with Crippen LogP contribution in [0.15, 0.2) is 0 Å². The largest absolute Gasteiger partial charge is 0.353 e. The number of nitrogens with zero attached hydrogens (tertiary/aromatic N) is 1. The van der Waals surface area contributed by atoms with Gasteiger partial charge in [-0.15, -0.1) is 23.2 Å². The predicted molar refractivity (Wildman–Crippen MR) is 125 cm³/mol. The molecule has 2 heterocycles. The number of halogens is 2. The van der Waals surface area contributed by atoms with Crippen molar-refractivity contribution >= 4 is 35.0 Å². The summed E-state index contributed by atoms with van der Waals surface area (Å²) in [5.74, 6) is 1.79. The van der Waals surface area contributed by atoms with Crippen molar-refractivity contribution in [1.82, 2.24) is 15.5 Å². The molecule has 0 aromatic rings. The van der Waals surface area contributed by atoms with Gasteiger partial charge in [0.2, 0.25) is 11.8 Å². The summed E-state index contributed by atoms with van der Waals surface area (Å²) in [4.78, 5) is 28.4. The fourth-order valence-corrected chi connectivity index (χ4v) is 7.77. The van der Waals surface area contributed by atoms with Crippen molar-refractivity contribution in [3.63, 3.8) is 0 Å². The molecular weight excluding hydrogens is 433 g/mol. The molecule has 4 aliphatic rings. The number of carbonyl (C=O) groups excluding carboxylic acids is 2. The second-order valence-corrected chi connectivity index (χ2v) is 12.2. The van der Waals surface area contributed by atoms with Gasteiger partial charge in [-0.25, -0.2) is 0 Å². The molecule has 9 unspecified atom stereocenters. The number of amides is 2. The molecule has 2 saturated heterocycles. The smallest absolute Gasteiger partial charge is 0.225 e. The third kappa shape index (κ3) is 5.19. The summed E-state index contributed by atoms with van der Waals surface area (Å²) < 4.78 is 0. The van der Waals surface area contributed by atoms with Crippen molar-refractivity contribution in [2.45, 2.75) is 94.1 Å². The lowest BCUT2D eigenvalue weighted by molar-refractivity contribution is -0.148. The zero-order valence-electron chi connectivity index (χ0n) is 19.2. The Hall–Kier alpha value is -0.520. The normalized spacial score (nSPS) is 46.4. The molecule has 2 amide bonds. The van der Waals surface area contributed by atoms with Gasteiger partial charge in [-0.3, -0.25) is 9.59 Å². The van der Waals surface area contributed by atoms with Crippen LogP contribution in [-0.2, 0) is 9.59 Å². The third-order valence-electron chi connectivity index (χ3n) is 8.67. The highest BCUT2D eigenvalue weighted by molar-refractivity contribution is 6.24. The van der Waals surface area contributed by atoms with E-state index in [0.29, 0.717) is 48.6 Å². The molecule has 2 aliphatic heterocycles. The number of carbonyl (C=O) groups is 2. The Labute approximate surface area is 197 Å². The highest BCUT2D eigenvalue weighted by Crippen LogP contribution is 2.43. The number of rotatable bonds is 3. The Morgan fingerprint density at radius 1 is 1.03 bits per heavy atom. The van der Waals surface area contributed by atoms with Crippen LogP contribution in [0, 0.1) is 29.6 Å². The summed E-state index contributed by atoms with van der Waals surface area (Å²) in [7, 11) is 2.01. The maximum absolute atomic E-state index is 13.4. The van der Waals surface area contributed by atoms with Crippen LogP contribution in [0.1, 0.15) is 65.2 Å². The molecule has 0 radical (unpaired) electrons. The molecule has 31 heavy (non-hydrogen) atoms. The molecule has 2 N–H and O–H groups in total. The minimum Gasteiger partial charge on any atom is -0.353 e. The Kier molecular flexibility index (Phi) is 7.45. The molecule has 7 heteroatoms. The Morgan fingerprint density at radius 2 is 1.74 bits per heavy atom. The van der Waals surface area contributed by atoms with E-state index in [4.69, 9.17) is 23.2 Å². The monoisotopic (exact) mass is 471 g/mol. The predicted octanol–water partition coefficient (Wildman–Crippen LogP) is 3.77. The van der Waals surface area contributed by atoms with E-state index in [1.54, 1.807) is 0 Å². The number of likely N-dealkylation sites (tertiary alicyclic amines) is 1. The molecule has 2 aliphatic carbocycles. The molecule has 0 spiro atoms. The van der Waals surface area contributed by atoms with E-state index in [1.165, 1.54) is 0 Å². The van der Waals surface area contributed by atoms with Crippen LogP contribution < -0.4 is 10.6 Å². The van der Waals surface area contributed by atoms with Gasteiger partial charge < -0.3 is 15.5 Å². The first-order valence-corrected chi connectivity index (χ1v) is 13.2. The van der Waals surface area contributed by atoms with Crippen molar-refractivity contribution in [1.29, 1.82) is 0 Å². The first-order chi connectivity index (χ1) is 14.7. The first-order valence-electron chi connectivity index (χ1n) is 12.3. The molecule has 9 atom stereocenters. The van der Waals surface area contributed by atoms with Gasteiger partial charge in [0.05, 0.1) is 0 Å². The number of fused-ring (bicyclic) bond motifs is 1. The van der Waals surface area contributed by atoms with E-state index in [9.17, 15) is 9.59 Å². The maximum atomic E-state index is 13.4. The number of alkyl halides is 2. The topological polar surface area (TPSA) is 61.4 Å². The summed E-state index contributed by atoms with van der Waals surface area (Å²) in [6.07, 6.45) is 7.19. The summed E-state index contributed by atoms with van der Waals surface area (Å²) >= 11 is 12.6. The van der Waals surface area contributed by atoms with Crippen molar-refractivity contribution in [3.8, 4) is 0 Å². The van der Waals surface area contributed by atoms with Gasteiger partial charge in [-0.05, 0) is 76.0 Å². The van der Waals surface area contributed by atoms with Crippen LogP contribution in [0.2, 0.25) is 0 Å².